The largest absolute Gasteiger partial charge is 0.467 e. The zero-order valence-electron chi connectivity index (χ0n) is 11.6. The van der Waals surface area contributed by atoms with Gasteiger partial charge in [0.2, 0.25) is 0 Å². The van der Waals surface area contributed by atoms with Crippen LogP contribution in [-0.2, 0) is 13.0 Å². The molecule has 5 heteroatoms. The van der Waals surface area contributed by atoms with Gasteiger partial charge in [0.05, 0.1) is 12.8 Å². The molecule has 2 aliphatic rings. The molecule has 0 radical (unpaired) electrons. The van der Waals surface area contributed by atoms with Crippen molar-refractivity contribution < 1.29 is 4.74 Å². The lowest BCUT2D eigenvalue weighted by molar-refractivity contribution is 0.375. The number of rotatable bonds is 2. The van der Waals surface area contributed by atoms with Gasteiger partial charge in [-0.1, -0.05) is 12.8 Å². The van der Waals surface area contributed by atoms with Crippen LogP contribution in [0, 0.1) is 0 Å². The zero-order valence-corrected chi connectivity index (χ0v) is 11.6. The van der Waals surface area contributed by atoms with Crippen molar-refractivity contribution in [2.24, 2.45) is 0 Å². The zero-order chi connectivity index (χ0) is 13.1. The van der Waals surface area contributed by atoms with E-state index in [-0.39, 0.29) is 0 Å². The van der Waals surface area contributed by atoms with Crippen LogP contribution in [0.5, 0.6) is 6.01 Å². The van der Waals surface area contributed by atoms with Crippen molar-refractivity contribution in [3.8, 4) is 6.01 Å². The minimum absolute atomic E-state index is 0.514. The van der Waals surface area contributed by atoms with Crippen LogP contribution in [0.15, 0.2) is 0 Å². The minimum Gasteiger partial charge on any atom is -0.467 e. The molecule has 3 rings (SSSR count). The predicted molar refractivity (Wildman–Crippen MR) is 74.7 cm³/mol. The molecule has 0 amide bonds. The number of nitrogens with zero attached hydrogens (tertiary/aromatic N) is 3. The van der Waals surface area contributed by atoms with E-state index in [9.17, 15) is 0 Å². The van der Waals surface area contributed by atoms with E-state index >= 15 is 0 Å². The third-order valence-corrected chi connectivity index (χ3v) is 3.98. The average Bonchev–Trinajstić information content (AvgIpc) is 2.75. The van der Waals surface area contributed by atoms with E-state index in [4.69, 9.17) is 4.74 Å². The highest BCUT2D eigenvalue weighted by Crippen LogP contribution is 2.27. The number of fused-ring (bicyclic) bond motifs is 1. The van der Waals surface area contributed by atoms with Gasteiger partial charge in [-0.2, -0.15) is 9.97 Å². The quantitative estimate of drug-likeness (QED) is 0.875. The van der Waals surface area contributed by atoms with E-state index in [1.165, 1.54) is 31.2 Å². The predicted octanol–water partition coefficient (Wildman–Crippen LogP) is 1.51. The summed E-state index contributed by atoms with van der Waals surface area (Å²) in [5.41, 5.74) is 2.43. The summed E-state index contributed by atoms with van der Waals surface area (Å²) in [7, 11) is 1.65. The number of anilines is 1. The second-order valence-electron chi connectivity index (χ2n) is 5.29. The lowest BCUT2D eigenvalue weighted by atomic mass is 10.1. The first-order valence-electron chi connectivity index (χ1n) is 7.28. The fourth-order valence-electron chi connectivity index (χ4n) is 2.94. The summed E-state index contributed by atoms with van der Waals surface area (Å²) in [6.07, 6.45) is 6.15. The fraction of sp³-hybridized carbons (Fsp3) is 0.714. The van der Waals surface area contributed by atoms with E-state index in [0.717, 1.165) is 44.1 Å². The molecule has 1 fully saturated rings. The maximum absolute atomic E-state index is 5.27. The number of hydrogen-bond acceptors (Lipinski definition) is 5. The van der Waals surface area contributed by atoms with Crippen molar-refractivity contribution in [1.29, 1.82) is 0 Å². The lowest BCUT2D eigenvalue weighted by Crippen LogP contribution is -2.31. The third-order valence-electron chi connectivity index (χ3n) is 3.98. The summed E-state index contributed by atoms with van der Waals surface area (Å²) in [6, 6.07) is 0.514. The highest BCUT2D eigenvalue weighted by Gasteiger charge is 2.22. The molecule has 1 aromatic rings. The molecule has 0 aromatic carbocycles. The van der Waals surface area contributed by atoms with Crippen LogP contribution in [0.1, 0.15) is 36.9 Å². The first kappa shape index (κ1) is 12.7. The van der Waals surface area contributed by atoms with Crippen LogP contribution >= 0.6 is 0 Å². The van der Waals surface area contributed by atoms with Crippen molar-refractivity contribution in [2.45, 2.75) is 38.6 Å². The van der Waals surface area contributed by atoms with Crippen LogP contribution < -0.4 is 15.0 Å². The van der Waals surface area contributed by atoms with Gasteiger partial charge in [-0.05, 0) is 12.8 Å². The Hall–Kier alpha value is -1.36. The molecule has 1 saturated heterocycles. The Kier molecular flexibility index (Phi) is 3.82. The Bertz CT molecular complexity index is 441. The molecule has 104 valence electrons. The standard InChI is InChI=1S/C14H22N4O/c1-19-14-16-12-6-7-15-10-11(12)13(17-14)18-8-4-2-3-5-9-18/h15H,2-10H2,1H3. The molecule has 0 atom stereocenters. The fourth-order valence-corrected chi connectivity index (χ4v) is 2.94. The van der Waals surface area contributed by atoms with Crippen LogP contribution in [0.2, 0.25) is 0 Å². The van der Waals surface area contributed by atoms with Gasteiger partial charge in [0.25, 0.3) is 0 Å². The molecule has 2 aliphatic heterocycles. The second-order valence-corrected chi connectivity index (χ2v) is 5.29. The Morgan fingerprint density at radius 1 is 1.11 bits per heavy atom. The molecule has 0 saturated carbocycles. The Morgan fingerprint density at radius 2 is 1.89 bits per heavy atom. The molecule has 19 heavy (non-hydrogen) atoms. The molecule has 0 spiro atoms. The smallest absolute Gasteiger partial charge is 0.318 e. The van der Waals surface area contributed by atoms with E-state index in [1.807, 2.05) is 0 Å². The van der Waals surface area contributed by atoms with Crippen molar-refractivity contribution in [3.05, 3.63) is 11.3 Å². The number of methoxy groups -OCH3 is 1. The van der Waals surface area contributed by atoms with Crippen molar-refractivity contribution in [1.82, 2.24) is 15.3 Å². The van der Waals surface area contributed by atoms with Gasteiger partial charge in [-0.15, -0.1) is 0 Å². The SMILES string of the molecule is COc1nc2c(c(N3CCCCCC3)n1)CNCC2. The second kappa shape index (κ2) is 5.74. The summed E-state index contributed by atoms with van der Waals surface area (Å²) in [4.78, 5) is 11.6. The van der Waals surface area contributed by atoms with E-state index in [0.29, 0.717) is 6.01 Å². The molecule has 3 heterocycles. The molecule has 0 aliphatic carbocycles. The third kappa shape index (κ3) is 2.66. The molecular formula is C14H22N4O. The van der Waals surface area contributed by atoms with Crippen LogP contribution in [0.25, 0.3) is 0 Å². The van der Waals surface area contributed by atoms with Crippen LogP contribution in [0.3, 0.4) is 0 Å². The summed E-state index contributed by atoms with van der Waals surface area (Å²) in [5, 5.41) is 3.43. The highest BCUT2D eigenvalue weighted by molar-refractivity contribution is 5.51. The van der Waals surface area contributed by atoms with Gasteiger partial charge in [-0.3, -0.25) is 0 Å². The van der Waals surface area contributed by atoms with Crippen molar-refractivity contribution in [3.63, 3.8) is 0 Å². The minimum atomic E-state index is 0.514. The Balaban J connectivity index is 1.97. The highest BCUT2D eigenvalue weighted by atomic mass is 16.5. The normalized spacial score (nSPS) is 19.7. The number of aromatic nitrogens is 2. The van der Waals surface area contributed by atoms with E-state index in [1.54, 1.807) is 7.11 Å². The summed E-state index contributed by atoms with van der Waals surface area (Å²) < 4.78 is 5.27. The Labute approximate surface area is 114 Å². The molecule has 1 N–H and O–H groups in total. The summed E-state index contributed by atoms with van der Waals surface area (Å²) in [6.45, 7) is 4.08. The van der Waals surface area contributed by atoms with Gasteiger partial charge in [-0.25, -0.2) is 0 Å². The molecule has 5 nitrogen and oxygen atoms in total. The number of ether oxygens (including phenoxy) is 1. The van der Waals surface area contributed by atoms with Gasteiger partial charge < -0.3 is 15.0 Å². The first-order valence-corrected chi connectivity index (χ1v) is 7.28. The maximum atomic E-state index is 5.27. The van der Waals surface area contributed by atoms with Crippen molar-refractivity contribution in [2.75, 3.05) is 31.6 Å². The monoisotopic (exact) mass is 262 g/mol. The summed E-state index contributed by atoms with van der Waals surface area (Å²) >= 11 is 0. The molecule has 0 bridgehead atoms. The van der Waals surface area contributed by atoms with Crippen LogP contribution in [0.4, 0.5) is 5.82 Å². The van der Waals surface area contributed by atoms with Crippen molar-refractivity contribution >= 4 is 5.82 Å². The molecule has 0 unspecified atom stereocenters. The molecular weight excluding hydrogens is 240 g/mol. The van der Waals surface area contributed by atoms with Gasteiger partial charge >= 0.3 is 6.01 Å². The number of hydrogen-bond donors (Lipinski definition) is 1. The summed E-state index contributed by atoms with van der Waals surface area (Å²) in [5.74, 6) is 1.09. The van der Waals surface area contributed by atoms with Gasteiger partial charge in [0.15, 0.2) is 0 Å². The maximum Gasteiger partial charge on any atom is 0.318 e. The first-order chi connectivity index (χ1) is 9.38. The lowest BCUT2D eigenvalue weighted by Gasteiger charge is -2.27. The van der Waals surface area contributed by atoms with E-state index < -0.39 is 0 Å². The van der Waals surface area contributed by atoms with E-state index in [2.05, 4.69) is 20.2 Å². The van der Waals surface area contributed by atoms with Gasteiger partial charge in [0, 0.05) is 38.2 Å². The number of nitrogens with one attached hydrogen (secondary N) is 1. The topological polar surface area (TPSA) is 50.3 Å². The average molecular weight is 262 g/mol. The molecule has 1 aromatic heterocycles. The van der Waals surface area contributed by atoms with Gasteiger partial charge in [0.1, 0.15) is 5.82 Å². The van der Waals surface area contributed by atoms with Crippen LogP contribution in [-0.4, -0.2) is 36.7 Å². The Morgan fingerprint density at radius 3 is 2.63 bits per heavy atom.